The minimum atomic E-state index is -0.220. The first-order valence-corrected chi connectivity index (χ1v) is 13.3. The summed E-state index contributed by atoms with van der Waals surface area (Å²) in [6, 6.07) is 51.3. The molecule has 0 aliphatic carbocycles. The molecule has 0 aromatic heterocycles. The third kappa shape index (κ3) is 4.99. The van der Waals surface area contributed by atoms with E-state index in [0.717, 1.165) is 44.3 Å². The Morgan fingerprint density at radius 1 is 0.575 bits per heavy atom. The number of nitriles is 1. The monoisotopic (exact) mass is 513 g/mol. The summed E-state index contributed by atoms with van der Waals surface area (Å²) in [5, 5.41) is 11.7. The van der Waals surface area contributed by atoms with Crippen molar-refractivity contribution < 1.29 is 0 Å². The minimum absolute atomic E-state index is 0.220. The predicted octanol–water partition coefficient (Wildman–Crippen LogP) is 8.54. The van der Waals surface area contributed by atoms with E-state index < -0.39 is 0 Å². The lowest BCUT2D eigenvalue weighted by Crippen LogP contribution is -2.15. The van der Waals surface area contributed by atoms with E-state index in [1.807, 2.05) is 66.7 Å². The lowest BCUT2D eigenvalue weighted by molar-refractivity contribution is 0.871. The SMILES string of the molecule is N#Cc1cccc(-c2cccc3c(-c4ccc(C(N=C(N)c5ccccc5)c5ccccc5)cc4)cccc23)c1. The van der Waals surface area contributed by atoms with Gasteiger partial charge in [-0.15, -0.1) is 0 Å². The van der Waals surface area contributed by atoms with Crippen molar-refractivity contribution in [2.24, 2.45) is 10.7 Å². The Hall–Kier alpha value is -5.46. The van der Waals surface area contributed by atoms with Crippen molar-refractivity contribution in [3.8, 4) is 28.3 Å². The summed E-state index contributed by atoms with van der Waals surface area (Å²) in [5.74, 6) is 0.514. The Balaban J connectivity index is 1.40. The second-order valence-electron chi connectivity index (χ2n) is 9.71. The Bertz CT molecular complexity index is 1850. The van der Waals surface area contributed by atoms with Gasteiger partial charge in [0.05, 0.1) is 11.6 Å². The topological polar surface area (TPSA) is 62.2 Å². The van der Waals surface area contributed by atoms with Gasteiger partial charge < -0.3 is 5.73 Å². The summed E-state index contributed by atoms with van der Waals surface area (Å²) in [6.45, 7) is 0. The summed E-state index contributed by atoms with van der Waals surface area (Å²) in [5.41, 5.74) is 14.6. The van der Waals surface area contributed by atoms with E-state index in [9.17, 15) is 5.26 Å². The van der Waals surface area contributed by atoms with Gasteiger partial charge in [-0.25, -0.2) is 0 Å². The van der Waals surface area contributed by atoms with Crippen molar-refractivity contribution in [1.82, 2.24) is 0 Å². The fourth-order valence-electron chi connectivity index (χ4n) is 5.21. The van der Waals surface area contributed by atoms with E-state index in [-0.39, 0.29) is 6.04 Å². The van der Waals surface area contributed by atoms with Crippen molar-refractivity contribution >= 4 is 16.6 Å². The number of fused-ring (bicyclic) bond motifs is 1. The molecule has 6 aromatic rings. The van der Waals surface area contributed by atoms with E-state index in [0.29, 0.717) is 11.4 Å². The summed E-state index contributed by atoms with van der Waals surface area (Å²) in [6.07, 6.45) is 0. The molecule has 0 spiro atoms. The normalized spacial score (nSPS) is 12.1. The predicted molar refractivity (Wildman–Crippen MR) is 165 cm³/mol. The van der Waals surface area contributed by atoms with Crippen molar-refractivity contribution in [2.75, 3.05) is 0 Å². The van der Waals surface area contributed by atoms with Gasteiger partial charge in [0, 0.05) is 5.56 Å². The Labute approximate surface area is 234 Å². The molecule has 1 atom stereocenters. The maximum Gasteiger partial charge on any atom is 0.126 e. The van der Waals surface area contributed by atoms with E-state index in [4.69, 9.17) is 10.7 Å². The standard InChI is InChI=1S/C37H27N3/c38-25-26-10-7-15-31(24-26)33-17-9-18-34-32(16-8-19-35(33)34)27-20-22-29(23-21-27)36(28-11-3-1-4-12-28)40-37(39)30-13-5-2-6-14-30/h1-24,36H,(H2,39,40). The molecule has 6 rings (SSSR count). The first-order valence-electron chi connectivity index (χ1n) is 13.3. The molecule has 3 heteroatoms. The van der Waals surface area contributed by atoms with Crippen LogP contribution in [0.25, 0.3) is 33.0 Å². The van der Waals surface area contributed by atoms with Crippen LogP contribution in [0.4, 0.5) is 0 Å². The van der Waals surface area contributed by atoms with Gasteiger partial charge in [0.1, 0.15) is 11.9 Å². The number of nitrogens with two attached hydrogens (primary N) is 1. The third-order valence-electron chi connectivity index (χ3n) is 7.22. The Morgan fingerprint density at radius 3 is 1.80 bits per heavy atom. The zero-order valence-corrected chi connectivity index (χ0v) is 21.9. The molecule has 40 heavy (non-hydrogen) atoms. The zero-order chi connectivity index (χ0) is 27.3. The molecule has 0 saturated carbocycles. The summed E-state index contributed by atoms with van der Waals surface area (Å²) < 4.78 is 0. The molecule has 190 valence electrons. The van der Waals surface area contributed by atoms with Crippen LogP contribution < -0.4 is 5.73 Å². The highest BCUT2D eigenvalue weighted by Crippen LogP contribution is 2.36. The van der Waals surface area contributed by atoms with Crippen LogP contribution in [0.5, 0.6) is 0 Å². The van der Waals surface area contributed by atoms with Crippen LogP contribution >= 0.6 is 0 Å². The summed E-state index contributed by atoms with van der Waals surface area (Å²) in [4.78, 5) is 4.97. The van der Waals surface area contributed by atoms with Crippen LogP contribution in [0.15, 0.2) is 151 Å². The zero-order valence-electron chi connectivity index (χ0n) is 21.9. The summed E-state index contributed by atoms with van der Waals surface area (Å²) in [7, 11) is 0. The van der Waals surface area contributed by atoms with E-state index in [1.165, 1.54) is 5.39 Å². The molecule has 3 nitrogen and oxygen atoms in total. The lowest BCUT2D eigenvalue weighted by atomic mass is 9.91. The van der Waals surface area contributed by atoms with E-state index >= 15 is 0 Å². The smallest absolute Gasteiger partial charge is 0.126 e. The number of benzene rings is 6. The van der Waals surface area contributed by atoms with Crippen LogP contribution in [0.2, 0.25) is 0 Å². The molecule has 2 N–H and O–H groups in total. The minimum Gasteiger partial charge on any atom is -0.383 e. The van der Waals surface area contributed by atoms with Gasteiger partial charge >= 0.3 is 0 Å². The van der Waals surface area contributed by atoms with Gasteiger partial charge in [0.15, 0.2) is 0 Å². The highest BCUT2D eigenvalue weighted by atomic mass is 14.9. The molecule has 0 amide bonds. The van der Waals surface area contributed by atoms with Crippen molar-refractivity contribution in [3.63, 3.8) is 0 Å². The largest absolute Gasteiger partial charge is 0.383 e. The van der Waals surface area contributed by atoms with Crippen molar-refractivity contribution in [3.05, 3.63) is 168 Å². The van der Waals surface area contributed by atoms with Crippen molar-refractivity contribution in [2.45, 2.75) is 6.04 Å². The highest BCUT2D eigenvalue weighted by Gasteiger charge is 2.15. The van der Waals surface area contributed by atoms with Crippen LogP contribution in [0.3, 0.4) is 0 Å². The van der Waals surface area contributed by atoms with Gasteiger partial charge in [-0.3, -0.25) is 4.99 Å². The van der Waals surface area contributed by atoms with Gasteiger partial charge in [-0.2, -0.15) is 5.26 Å². The second kappa shape index (κ2) is 11.1. The highest BCUT2D eigenvalue weighted by molar-refractivity contribution is 6.04. The first-order chi connectivity index (χ1) is 19.7. The molecule has 0 aliphatic heterocycles. The van der Waals surface area contributed by atoms with Gasteiger partial charge in [0.25, 0.3) is 0 Å². The molecule has 0 radical (unpaired) electrons. The third-order valence-corrected chi connectivity index (χ3v) is 7.22. The molecular weight excluding hydrogens is 486 g/mol. The van der Waals surface area contributed by atoms with Crippen molar-refractivity contribution in [1.29, 1.82) is 5.26 Å². The molecule has 0 fully saturated rings. The fourth-order valence-corrected chi connectivity index (χ4v) is 5.21. The molecule has 0 heterocycles. The second-order valence-corrected chi connectivity index (χ2v) is 9.71. The summed E-state index contributed by atoms with van der Waals surface area (Å²) >= 11 is 0. The molecule has 0 saturated heterocycles. The number of nitrogens with zero attached hydrogens (tertiary/aromatic N) is 2. The van der Waals surface area contributed by atoms with Gasteiger partial charge in [0.2, 0.25) is 0 Å². The van der Waals surface area contributed by atoms with Crippen LogP contribution in [-0.4, -0.2) is 5.84 Å². The maximum atomic E-state index is 9.39. The van der Waals surface area contributed by atoms with Crippen LogP contribution in [-0.2, 0) is 0 Å². The molecular formula is C37H27N3. The number of hydrogen-bond acceptors (Lipinski definition) is 2. The quantitative estimate of drug-likeness (QED) is 0.179. The maximum absolute atomic E-state index is 9.39. The van der Waals surface area contributed by atoms with E-state index in [2.05, 4.69) is 84.9 Å². The number of hydrogen-bond donors (Lipinski definition) is 1. The molecule has 0 aliphatic rings. The van der Waals surface area contributed by atoms with Gasteiger partial charge in [-0.05, 0) is 56.3 Å². The van der Waals surface area contributed by atoms with Gasteiger partial charge in [-0.1, -0.05) is 133 Å². The molecule has 6 aromatic carbocycles. The Kier molecular flexibility index (Phi) is 6.90. The fraction of sp³-hybridized carbons (Fsp3) is 0.0270. The first kappa shape index (κ1) is 24.9. The Morgan fingerprint density at radius 2 is 1.15 bits per heavy atom. The number of aliphatic imine (C=N–C) groups is 1. The number of amidine groups is 1. The molecule has 1 unspecified atom stereocenters. The molecule has 0 bridgehead atoms. The van der Waals surface area contributed by atoms with E-state index in [1.54, 1.807) is 0 Å². The number of rotatable bonds is 6. The lowest BCUT2D eigenvalue weighted by Gasteiger charge is -2.16. The van der Waals surface area contributed by atoms with Crippen LogP contribution in [0, 0.1) is 11.3 Å². The van der Waals surface area contributed by atoms with Crippen LogP contribution in [0.1, 0.15) is 28.3 Å². The average molecular weight is 514 g/mol. The average Bonchev–Trinajstić information content (AvgIpc) is 3.04.